The number of nitrogens with zero attached hydrogens (tertiary/aromatic N) is 1. The summed E-state index contributed by atoms with van der Waals surface area (Å²) in [6.45, 7) is 3.40. The number of hydrogen-bond acceptors (Lipinski definition) is 4. The van der Waals surface area contributed by atoms with Crippen LogP contribution in [0.25, 0.3) is 0 Å². The minimum Gasteiger partial charge on any atom is -0.394 e. The number of hydrogen-bond donors (Lipinski definition) is 2. The predicted octanol–water partition coefficient (Wildman–Crippen LogP) is 0.853. The molecule has 1 unspecified atom stereocenters. The van der Waals surface area contributed by atoms with E-state index < -0.39 is 0 Å². The van der Waals surface area contributed by atoms with Crippen LogP contribution in [-0.2, 0) is 0 Å². The average Bonchev–Trinajstić information content (AvgIpc) is 2.74. The fourth-order valence-corrected chi connectivity index (χ4v) is 2.36. The number of amides is 1. The van der Waals surface area contributed by atoms with Crippen molar-refractivity contribution >= 4 is 17.2 Å². The lowest BCUT2D eigenvalue weighted by molar-refractivity contribution is 0.0687. The number of carbonyl (C=O) groups is 1. The summed E-state index contributed by atoms with van der Waals surface area (Å²) in [4.78, 5) is 15.0. The van der Waals surface area contributed by atoms with Crippen LogP contribution in [0.2, 0.25) is 0 Å². The van der Waals surface area contributed by atoms with Crippen LogP contribution in [0.1, 0.15) is 27.0 Å². The highest BCUT2D eigenvalue weighted by Crippen LogP contribution is 2.22. The fourth-order valence-electron chi connectivity index (χ4n) is 1.33. The van der Waals surface area contributed by atoms with E-state index in [-0.39, 0.29) is 25.2 Å². The third-order valence-corrected chi connectivity index (χ3v) is 3.80. The maximum Gasteiger partial charge on any atom is 0.264 e. The molecule has 1 aromatic heterocycles. The predicted molar refractivity (Wildman–Crippen MR) is 71.7 cm³/mol. The quantitative estimate of drug-likeness (QED) is 0.798. The number of rotatable bonds is 3. The zero-order valence-corrected chi connectivity index (χ0v) is 11.5. The zero-order valence-electron chi connectivity index (χ0n) is 10.7. The summed E-state index contributed by atoms with van der Waals surface area (Å²) in [5, 5.41) is 17.7. The molecular formula is C13H17NO3S. The third-order valence-electron chi connectivity index (χ3n) is 2.66. The molecule has 1 atom stereocenters. The van der Waals surface area contributed by atoms with Crippen molar-refractivity contribution in [3.63, 3.8) is 0 Å². The molecule has 0 aliphatic carbocycles. The Kier molecular flexibility index (Phi) is 5.35. The van der Waals surface area contributed by atoms with E-state index in [0.29, 0.717) is 4.88 Å². The van der Waals surface area contributed by atoms with Crippen LogP contribution in [0.4, 0.5) is 0 Å². The van der Waals surface area contributed by atoms with E-state index in [0.717, 1.165) is 10.4 Å². The van der Waals surface area contributed by atoms with Crippen LogP contribution in [0, 0.1) is 18.8 Å². The molecule has 0 radical (unpaired) electrons. The van der Waals surface area contributed by atoms with E-state index in [9.17, 15) is 4.79 Å². The molecule has 1 amide bonds. The Hall–Kier alpha value is -1.35. The summed E-state index contributed by atoms with van der Waals surface area (Å²) in [6.07, 6.45) is 0. The lowest BCUT2D eigenvalue weighted by atomic mass is 10.2. The van der Waals surface area contributed by atoms with E-state index in [4.69, 9.17) is 10.2 Å². The van der Waals surface area contributed by atoms with Gasteiger partial charge in [-0.2, -0.15) is 0 Å². The van der Waals surface area contributed by atoms with Gasteiger partial charge in [-0.05, 0) is 25.5 Å². The van der Waals surface area contributed by atoms with Gasteiger partial charge in [-0.25, -0.2) is 0 Å². The second-order valence-corrected chi connectivity index (χ2v) is 5.08. The molecule has 1 aromatic rings. The Morgan fingerprint density at radius 2 is 2.22 bits per heavy atom. The summed E-state index contributed by atoms with van der Waals surface area (Å²) in [7, 11) is 1.66. The van der Waals surface area contributed by atoms with Crippen LogP contribution < -0.4 is 0 Å². The van der Waals surface area contributed by atoms with Crippen molar-refractivity contribution in [1.29, 1.82) is 0 Å². The molecule has 2 N–H and O–H groups in total. The van der Waals surface area contributed by atoms with Crippen LogP contribution in [0.3, 0.4) is 0 Å². The van der Waals surface area contributed by atoms with Crippen molar-refractivity contribution < 1.29 is 15.0 Å². The van der Waals surface area contributed by atoms with Crippen LogP contribution >= 0.6 is 11.3 Å². The Morgan fingerprint density at radius 1 is 1.56 bits per heavy atom. The summed E-state index contributed by atoms with van der Waals surface area (Å²) < 4.78 is 0. The zero-order chi connectivity index (χ0) is 13.7. The molecule has 0 fully saturated rings. The highest BCUT2D eigenvalue weighted by molar-refractivity contribution is 7.14. The average molecular weight is 267 g/mol. The van der Waals surface area contributed by atoms with Gasteiger partial charge in [0.05, 0.1) is 22.4 Å². The summed E-state index contributed by atoms with van der Waals surface area (Å²) in [6, 6.07) is 1.57. The van der Waals surface area contributed by atoms with E-state index in [1.54, 1.807) is 20.0 Å². The highest BCUT2D eigenvalue weighted by atomic mass is 32.1. The number of thiophene rings is 1. The van der Waals surface area contributed by atoms with Gasteiger partial charge in [-0.3, -0.25) is 4.79 Å². The van der Waals surface area contributed by atoms with Gasteiger partial charge in [0, 0.05) is 7.05 Å². The van der Waals surface area contributed by atoms with Gasteiger partial charge in [-0.15, -0.1) is 11.3 Å². The Balaban J connectivity index is 2.94. The molecule has 0 aliphatic heterocycles. The maximum atomic E-state index is 12.1. The number of aliphatic hydroxyl groups is 2. The standard InChI is InChI=1S/C13H17NO3S/c1-9-7-12(18-11(9)5-4-6-15)13(17)14(3)10(2)8-16/h7,10,15-16H,6,8H2,1-3H3. The van der Waals surface area contributed by atoms with Crippen molar-refractivity contribution in [2.45, 2.75) is 19.9 Å². The van der Waals surface area contributed by atoms with Gasteiger partial charge in [-0.1, -0.05) is 11.8 Å². The first kappa shape index (κ1) is 14.7. The number of carbonyl (C=O) groups excluding carboxylic acids is 1. The monoisotopic (exact) mass is 267 g/mol. The van der Waals surface area contributed by atoms with Gasteiger partial charge in [0.1, 0.15) is 6.61 Å². The van der Waals surface area contributed by atoms with Crippen LogP contribution in [0.15, 0.2) is 6.07 Å². The lowest BCUT2D eigenvalue weighted by Gasteiger charge is -2.22. The molecule has 5 heteroatoms. The number of aryl methyl sites for hydroxylation is 1. The first-order chi connectivity index (χ1) is 8.51. The topological polar surface area (TPSA) is 60.8 Å². The first-order valence-corrected chi connectivity index (χ1v) is 6.41. The molecule has 98 valence electrons. The molecule has 0 bridgehead atoms. The van der Waals surface area contributed by atoms with Crippen LogP contribution in [-0.4, -0.2) is 47.3 Å². The Labute approximate surface area is 111 Å². The SMILES string of the molecule is Cc1cc(C(=O)N(C)C(C)CO)sc1C#CCO. The second-order valence-electron chi connectivity index (χ2n) is 4.03. The summed E-state index contributed by atoms with van der Waals surface area (Å²) in [5.74, 6) is 5.27. The first-order valence-electron chi connectivity index (χ1n) is 5.59. The smallest absolute Gasteiger partial charge is 0.264 e. The summed E-state index contributed by atoms with van der Waals surface area (Å²) >= 11 is 1.31. The molecule has 0 spiro atoms. The lowest BCUT2D eigenvalue weighted by Crippen LogP contribution is -2.36. The molecule has 4 nitrogen and oxygen atoms in total. The molecule has 1 rings (SSSR count). The van der Waals surface area contributed by atoms with E-state index >= 15 is 0 Å². The van der Waals surface area contributed by atoms with Crippen molar-refractivity contribution in [1.82, 2.24) is 4.90 Å². The summed E-state index contributed by atoms with van der Waals surface area (Å²) in [5.41, 5.74) is 0.925. The molecule has 0 saturated heterocycles. The molecule has 0 aliphatic rings. The molecule has 18 heavy (non-hydrogen) atoms. The van der Waals surface area contributed by atoms with Gasteiger partial charge in [0.2, 0.25) is 0 Å². The number of likely N-dealkylation sites (N-methyl/N-ethyl adjacent to an activating group) is 1. The fraction of sp³-hybridized carbons (Fsp3) is 0.462. The van der Waals surface area contributed by atoms with Gasteiger partial charge in [0.25, 0.3) is 5.91 Å². The molecular weight excluding hydrogens is 250 g/mol. The maximum absolute atomic E-state index is 12.1. The third kappa shape index (κ3) is 3.33. The highest BCUT2D eigenvalue weighted by Gasteiger charge is 2.19. The van der Waals surface area contributed by atoms with E-state index in [1.165, 1.54) is 16.2 Å². The van der Waals surface area contributed by atoms with E-state index in [2.05, 4.69) is 11.8 Å². The second kappa shape index (κ2) is 6.55. The molecule has 1 heterocycles. The van der Waals surface area contributed by atoms with Crippen molar-refractivity contribution in [3.05, 3.63) is 21.4 Å². The Morgan fingerprint density at radius 3 is 2.78 bits per heavy atom. The Bertz CT molecular complexity index is 484. The van der Waals surface area contributed by atoms with Crippen molar-refractivity contribution in [2.24, 2.45) is 0 Å². The van der Waals surface area contributed by atoms with Crippen molar-refractivity contribution in [2.75, 3.05) is 20.3 Å². The number of aliphatic hydroxyl groups excluding tert-OH is 2. The van der Waals surface area contributed by atoms with Gasteiger partial charge < -0.3 is 15.1 Å². The normalized spacial score (nSPS) is 11.6. The van der Waals surface area contributed by atoms with Crippen molar-refractivity contribution in [3.8, 4) is 11.8 Å². The molecule has 0 saturated carbocycles. The van der Waals surface area contributed by atoms with Crippen LogP contribution in [0.5, 0.6) is 0 Å². The molecule has 0 aromatic carbocycles. The van der Waals surface area contributed by atoms with E-state index in [1.807, 2.05) is 6.92 Å². The minimum atomic E-state index is -0.216. The minimum absolute atomic E-state index is 0.0657. The van der Waals surface area contributed by atoms with Gasteiger partial charge >= 0.3 is 0 Å². The largest absolute Gasteiger partial charge is 0.394 e. The van der Waals surface area contributed by atoms with Gasteiger partial charge in [0.15, 0.2) is 0 Å².